The third kappa shape index (κ3) is 7.39. The summed E-state index contributed by atoms with van der Waals surface area (Å²) in [6.07, 6.45) is 1.41. The van der Waals surface area contributed by atoms with Crippen molar-refractivity contribution in [1.29, 1.82) is 0 Å². The summed E-state index contributed by atoms with van der Waals surface area (Å²) >= 11 is 0. The number of benzene rings is 2. The number of anilines is 1. The molecule has 2 aliphatic heterocycles. The van der Waals surface area contributed by atoms with E-state index in [2.05, 4.69) is 10.1 Å². The van der Waals surface area contributed by atoms with Crippen LogP contribution in [0.4, 0.5) is 23.2 Å². The Morgan fingerprint density at radius 2 is 1.65 bits per heavy atom. The van der Waals surface area contributed by atoms with Gasteiger partial charge in [-0.2, -0.15) is 8.78 Å². The van der Waals surface area contributed by atoms with Crippen LogP contribution in [0.3, 0.4) is 0 Å². The van der Waals surface area contributed by atoms with E-state index in [-0.39, 0.29) is 29.4 Å². The van der Waals surface area contributed by atoms with Gasteiger partial charge in [0, 0.05) is 62.1 Å². The average Bonchev–Trinajstić information content (AvgIpc) is 3.38. The van der Waals surface area contributed by atoms with Gasteiger partial charge in [0.2, 0.25) is 11.8 Å². The van der Waals surface area contributed by atoms with E-state index in [1.54, 1.807) is 11.8 Å². The monoisotopic (exact) mass is 690 g/mol. The van der Waals surface area contributed by atoms with E-state index in [1.165, 1.54) is 38.6 Å². The quantitative estimate of drug-likeness (QED) is 0.305. The van der Waals surface area contributed by atoms with Gasteiger partial charge < -0.3 is 34.1 Å². The highest BCUT2D eigenvalue weighted by atomic mass is 19.3. The fourth-order valence-corrected chi connectivity index (χ4v) is 6.03. The van der Waals surface area contributed by atoms with Crippen LogP contribution in [-0.4, -0.2) is 93.5 Å². The van der Waals surface area contributed by atoms with Crippen LogP contribution in [0.5, 0.6) is 11.5 Å². The van der Waals surface area contributed by atoms with E-state index in [0.29, 0.717) is 31.9 Å². The molecule has 0 spiro atoms. The molecule has 2 aromatic carbocycles. The number of hydrogen-bond acceptors (Lipinski definition) is 8. The van der Waals surface area contributed by atoms with Crippen molar-refractivity contribution in [3.8, 4) is 11.5 Å². The van der Waals surface area contributed by atoms with Crippen LogP contribution in [0.1, 0.15) is 33.4 Å². The van der Waals surface area contributed by atoms with Crippen LogP contribution >= 0.6 is 0 Å². The summed E-state index contributed by atoms with van der Waals surface area (Å²) in [7, 11) is 2.60. The van der Waals surface area contributed by atoms with E-state index in [1.807, 2.05) is 0 Å². The molecule has 3 heterocycles. The lowest BCUT2D eigenvalue weighted by Gasteiger charge is -2.31. The predicted molar refractivity (Wildman–Crippen MR) is 166 cm³/mol. The molecule has 3 aromatic rings. The maximum absolute atomic E-state index is 15.5. The summed E-state index contributed by atoms with van der Waals surface area (Å²) in [5, 5.41) is 2.51. The highest BCUT2D eigenvalue weighted by Gasteiger charge is 2.46. The molecule has 0 saturated carbocycles. The van der Waals surface area contributed by atoms with E-state index >= 15 is 8.78 Å². The summed E-state index contributed by atoms with van der Waals surface area (Å²) in [5.41, 5.74) is -1.18. The summed E-state index contributed by atoms with van der Waals surface area (Å²) < 4.78 is 77.3. The van der Waals surface area contributed by atoms with Crippen molar-refractivity contribution in [2.45, 2.75) is 31.5 Å². The number of rotatable bonds is 11. The molecule has 16 heteroatoms. The van der Waals surface area contributed by atoms with Crippen molar-refractivity contribution in [1.82, 2.24) is 14.8 Å². The van der Waals surface area contributed by atoms with Gasteiger partial charge in [-0.25, -0.2) is 8.78 Å². The van der Waals surface area contributed by atoms with E-state index in [0.717, 1.165) is 33.7 Å². The fourth-order valence-electron chi connectivity index (χ4n) is 6.03. The molecular weight excluding hydrogens is 656 g/mol. The largest absolute Gasteiger partial charge is 0.497 e. The molecule has 49 heavy (non-hydrogen) atoms. The Hall–Kier alpha value is -4.96. The minimum absolute atomic E-state index is 0.0652. The molecule has 5 rings (SSSR count). The first-order valence-corrected chi connectivity index (χ1v) is 15.2. The number of carbonyl (C=O) groups excluding carboxylic acids is 3. The Kier molecular flexibility index (Phi) is 10.9. The molecule has 262 valence electrons. The van der Waals surface area contributed by atoms with Gasteiger partial charge in [0.25, 0.3) is 11.5 Å². The molecule has 1 unspecified atom stereocenters. The Labute approximate surface area is 278 Å². The molecule has 12 nitrogen and oxygen atoms in total. The molecule has 3 atom stereocenters. The molecule has 2 fully saturated rings. The number of carbonyl (C=O) groups is 3. The summed E-state index contributed by atoms with van der Waals surface area (Å²) in [5.74, 6) is -5.91. The Morgan fingerprint density at radius 1 is 1.00 bits per heavy atom. The van der Waals surface area contributed by atoms with Crippen molar-refractivity contribution < 1.29 is 50.9 Å². The Bertz CT molecular complexity index is 1740. The van der Waals surface area contributed by atoms with Gasteiger partial charge >= 0.3 is 6.61 Å². The number of nitrogens with zero attached hydrogens (tertiary/aromatic N) is 3. The van der Waals surface area contributed by atoms with Crippen LogP contribution in [-0.2, 0) is 19.1 Å². The number of pyridine rings is 1. The summed E-state index contributed by atoms with van der Waals surface area (Å²) in [6.45, 7) is -0.880. The van der Waals surface area contributed by atoms with Crippen LogP contribution in [0, 0.1) is 18.6 Å². The summed E-state index contributed by atoms with van der Waals surface area (Å²) in [4.78, 5) is 57.7. The number of amides is 3. The van der Waals surface area contributed by atoms with Crippen molar-refractivity contribution in [2.24, 2.45) is 0 Å². The zero-order valence-corrected chi connectivity index (χ0v) is 26.8. The number of ether oxygens (including phenoxy) is 4. The third-order valence-electron chi connectivity index (χ3n) is 8.43. The van der Waals surface area contributed by atoms with E-state index in [9.17, 15) is 28.0 Å². The normalized spacial score (nSPS) is 18.5. The standard InChI is InChI=1S/C33H34F4N4O8/c1-18-8-9-40(25(17-46-2)30(43)39-10-12-48-13-11-39)32(45)28(18)41-16-22(26-23(34)14-21(47-3)15-24(26)35)27(31(41)44)38-29(42)19-4-6-20(7-5-19)49-33(36)37/h4-9,14-15,22,25,27,33H,10-13,16-17H2,1-3H3,(H,38,42)/t22-,25?,27-/m0/s1. The maximum atomic E-state index is 15.5. The third-order valence-corrected chi connectivity index (χ3v) is 8.43. The lowest BCUT2D eigenvalue weighted by atomic mass is 9.92. The number of hydrogen-bond donors (Lipinski definition) is 1. The molecule has 2 aliphatic rings. The minimum atomic E-state index is -3.09. The minimum Gasteiger partial charge on any atom is -0.497 e. The highest BCUT2D eigenvalue weighted by Crippen LogP contribution is 2.37. The van der Waals surface area contributed by atoms with E-state index < -0.39 is 71.6 Å². The molecule has 0 aliphatic carbocycles. The maximum Gasteiger partial charge on any atom is 0.387 e. The van der Waals surface area contributed by atoms with Crippen molar-refractivity contribution in [3.63, 3.8) is 0 Å². The smallest absolute Gasteiger partial charge is 0.387 e. The lowest BCUT2D eigenvalue weighted by molar-refractivity contribution is -0.140. The fraction of sp³-hybridized carbons (Fsp3) is 0.394. The Morgan fingerprint density at radius 3 is 2.24 bits per heavy atom. The topological polar surface area (TPSA) is 129 Å². The number of halogens is 4. The van der Waals surface area contributed by atoms with Crippen LogP contribution < -0.4 is 25.2 Å². The number of alkyl halides is 2. The van der Waals surface area contributed by atoms with Crippen LogP contribution in [0.25, 0.3) is 0 Å². The van der Waals surface area contributed by atoms with Gasteiger partial charge in [-0.05, 0) is 42.8 Å². The molecule has 0 radical (unpaired) electrons. The van der Waals surface area contributed by atoms with Gasteiger partial charge in [-0.15, -0.1) is 0 Å². The zero-order chi connectivity index (χ0) is 35.4. The molecule has 1 aromatic heterocycles. The van der Waals surface area contributed by atoms with Gasteiger partial charge in [0.05, 0.1) is 26.9 Å². The average molecular weight is 691 g/mol. The zero-order valence-electron chi connectivity index (χ0n) is 26.8. The van der Waals surface area contributed by atoms with Crippen molar-refractivity contribution in [3.05, 3.63) is 87.3 Å². The van der Waals surface area contributed by atoms with E-state index in [4.69, 9.17) is 14.2 Å². The Balaban J connectivity index is 1.54. The number of methoxy groups -OCH3 is 2. The number of aryl methyl sites for hydroxylation is 1. The van der Waals surface area contributed by atoms with Crippen molar-refractivity contribution in [2.75, 3.05) is 58.6 Å². The number of aromatic nitrogens is 1. The second-order valence-electron chi connectivity index (χ2n) is 11.4. The van der Waals surface area contributed by atoms with Gasteiger partial charge in [-0.1, -0.05) is 0 Å². The number of morpholine rings is 1. The van der Waals surface area contributed by atoms with Gasteiger partial charge in [-0.3, -0.25) is 23.7 Å². The second-order valence-corrected chi connectivity index (χ2v) is 11.4. The SMILES string of the molecule is COCC(C(=O)N1CCOCC1)n1ccc(C)c(N2C[C@@H](c3c(F)cc(OC)cc3F)[C@H](NC(=O)c3ccc(OC(F)F)cc3)C2=O)c1=O. The summed E-state index contributed by atoms with van der Waals surface area (Å²) in [6, 6.07) is 5.29. The molecular formula is C33H34F4N4O8. The molecule has 2 saturated heterocycles. The first-order chi connectivity index (χ1) is 23.4. The second kappa shape index (κ2) is 15.1. The molecule has 3 amide bonds. The first kappa shape index (κ1) is 35.3. The predicted octanol–water partition coefficient (Wildman–Crippen LogP) is 3.02. The van der Waals surface area contributed by atoms with Gasteiger partial charge in [0.15, 0.2) is 0 Å². The highest BCUT2D eigenvalue weighted by molar-refractivity contribution is 6.05. The first-order valence-electron chi connectivity index (χ1n) is 15.2. The van der Waals surface area contributed by atoms with Crippen molar-refractivity contribution >= 4 is 23.4 Å². The van der Waals surface area contributed by atoms with Crippen LogP contribution in [0.15, 0.2) is 53.5 Å². The molecule has 1 N–H and O–H groups in total. The van der Waals surface area contributed by atoms with Gasteiger partial charge in [0.1, 0.15) is 40.9 Å². The molecule has 0 bridgehead atoms. The lowest BCUT2D eigenvalue weighted by Crippen LogP contribution is -2.48. The van der Waals surface area contributed by atoms with Crippen LogP contribution in [0.2, 0.25) is 0 Å². The number of nitrogens with one attached hydrogen (secondary N) is 1.